The smallest absolute Gasteiger partial charge is 0.331 e. The molecule has 0 aliphatic heterocycles. The number of methoxy groups -OCH3 is 1. The number of nitrogens with zero attached hydrogens (tertiary/aromatic N) is 1. The Labute approximate surface area is 77.8 Å². The van der Waals surface area contributed by atoms with Gasteiger partial charge in [-0.3, -0.25) is 0 Å². The molecule has 4 heteroatoms. The second-order valence-electron chi connectivity index (χ2n) is 2.33. The minimum atomic E-state index is -0.473. The van der Waals surface area contributed by atoms with Crippen LogP contribution >= 0.6 is 0 Å². The highest BCUT2D eigenvalue weighted by Gasteiger charge is 1.95. The summed E-state index contributed by atoms with van der Waals surface area (Å²) in [5, 5.41) is 8.10. The third kappa shape index (κ3) is 8.57. The molecule has 0 saturated heterocycles. The molecule has 4 nitrogen and oxygen atoms in total. The van der Waals surface area contributed by atoms with E-state index in [4.69, 9.17) is 14.7 Å². The third-order valence-electron chi connectivity index (χ3n) is 1.28. The molecule has 0 aliphatic rings. The molecule has 0 fully saturated rings. The molecule has 0 rings (SSSR count). The monoisotopic (exact) mass is 183 g/mol. The fraction of sp³-hybridized carbons (Fsp3) is 0.556. The Morgan fingerprint density at radius 1 is 1.46 bits per heavy atom. The maximum Gasteiger partial charge on any atom is 0.331 e. The molecule has 0 saturated carbocycles. The van der Waals surface area contributed by atoms with Crippen LogP contribution in [0, 0.1) is 11.3 Å². The average molecular weight is 183 g/mol. The van der Waals surface area contributed by atoms with Gasteiger partial charge in [-0.1, -0.05) is 0 Å². The number of carbonyl (C=O) groups is 1. The number of hydrogen-bond donors (Lipinski definition) is 0. The van der Waals surface area contributed by atoms with E-state index in [-0.39, 0.29) is 0 Å². The van der Waals surface area contributed by atoms with Crippen LogP contribution in [-0.2, 0) is 14.3 Å². The summed E-state index contributed by atoms with van der Waals surface area (Å²) in [5.74, 6) is -0.473. The molecule has 0 aromatic carbocycles. The molecule has 0 bridgehead atoms. The SMILES string of the molecule is COCCCCOC(=O)C=CC#N. The molecule has 0 unspecified atom stereocenters. The first-order valence-electron chi connectivity index (χ1n) is 4.03. The van der Waals surface area contributed by atoms with Crippen molar-refractivity contribution in [2.45, 2.75) is 12.8 Å². The van der Waals surface area contributed by atoms with Gasteiger partial charge in [0.2, 0.25) is 0 Å². The highest BCUT2D eigenvalue weighted by Crippen LogP contribution is 1.91. The molecular formula is C9H13NO3. The van der Waals surface area contributed by atoms with Crippen molar-refractivity contribution >= 4 is 5.97 Å². The van der Waals surface area contributed by atoms with E-state index in [2.05, 4.69) is 0 Å². The summed E-state index contributed by atoms with van der Waals surface area (Å²) in [6.45, 7) is 1.05. The summed E-state index contributed by atoms with van der Waals surface area (Å²) < 4.78 is 9.57. The number of ether oxygens (including phenoxy) is 2. The number of rotatable bonds is 6. The lowest BCUT2D eigenvalue weighted by Crippen LogP contribution is -2.03. The summed E-state index contributed by atoms with van der Waals surface area (Å²) in [7, 11) is 1.63. The van der Waals surface area contributed by atoms with E-state index >= 15 is 0 Å². The maximum absolute atomic E-state index is 10.7. The first kappa shape index (κ1) is 11.7. The van der Waals surface area contributed by atoms with Gasteiger partial charge in [-0.2, -0.15) is 5.26 Å². The fourth-order valence-electron chi connectivity index (χ4n) is 0.675. The largest absolute Gasteiger partial charge is 0.463 e. The van der Waals surface area contributed by atoms with Gasteiger partial charge >= 0.3 is 5.97 Å². The predicted molar refractivity (Wildman–Crippen MR) is 46.8 cm³/mol. The van der Waals surface area contributed by atoms with Crippen LogP contribution in [0.5, 0.6) is 0 Å². The molecular weight excluding hydrogens is 170 g/mol. The van der Waals surface area contributed by atoms with Gasteiger partial charge in [-0.25, -0.2) is 4.79 Å². The van der Waals surface area contributed by atoms with Crippen LogP contribution in [0.2, 0.25) is 0 Å². The average Bonchev–Trinajstić information content (AvgIpc) is 2.14. The Morgan fingerprint density at radius 2 is 2.15 bits per heavy atom. The van der Waals surface area contributed by atoms with Crippen molar-refractivity contribution in [3.63, 3.8) is 0 Å². The first-order valence-corrected chi connectivity index (χ1v) is 4.03. The van der Waals surface area contributed by atoms with Crippen molar-refractivity contribution in [2.75, 3.05) is 20.3 Å². The zero-order valence-electron chi connectivity index (χ0n) is 7.66. The maximum atomic E-state index is 10.7. The zero-order chi connectivity index (χ0) is 9.94. The van der Waals surface area contributed by atoms with Gasteiger partial charge in [0.25, 0.3) is 0 Å². The first-order chi connectivity index (χ1) is 6.31. The summed E-state index contributed by atoms with van der Waals surface area (Å²) in [4.78, 5) is 10.7. The quantitative estimate of drug-likeness (QED) is 0.267. The molecule has 0 aliphatic carbocycles. The van der Waals surface area contributed by atoms with Gasteiger partial charge in [0.15, 0.2) is 0 Å². The van der Waals surface area contributed by atoms with Gasteiger partial charge in [-0.15, -0.1) is 0 Å². The molecule has 0 aromatic rings. The fourth-order valence-corrected chi connectivity index (χ4v) is 0.675. The topological polar surface area (TPSA) is 59.3 Å². The lowest BCUT2D eigenvalue weighted by molar-refractivity contribution is -0.137. The van der Waals surface area contributed by atoms with Crippen LogP contribution in [0.1, 0.15) is 12.8 Å². The minimum absolute atomic E-state index is 0.373. The van der Waals surface area contributed by atoms with Crippen molar-refractivity contribution in [1.29, 1.82) is 5.26 Å². The molecule has 0 aromatic heterocycles. The van der Waals surface area contributed by atoms with Crippen molar-refractivity contribution in [3.05, 3.63) is 12.2 Å². The van der Waals surface area contributed by atoms with Crippen LogP contribution < -0.4 is 0 Å². The van der Waals surface area contributed by atoms with Gasteiger partial charge in [0.05, 0.1) is 12.7 Å². The van der Waals surface area contributed by atoms with Crippen LogP contribution in [0.25, 0.3) is 0 Å². The highest BCUT2D eigenvalue weighted by atomic mass is 16.5. The molecule has 0 heterocycles. The Balaban J connectivity index is 3.28. The van der Waals surface area contributed by atoms with Crippen LogP contribution in [-0.4, -0.2) is 26.3 Å². The van der Waals surface area contributed by atoms with Crippen LogP contribution in [0.15, 0.2) is 12.2 Å². The Kier molecular flexibility index (Phi) is 7.85. The lowest BCUT2D eigenvalue weighted by Gasteiger charge is -2.00. The summed E-state index contributed by atoms with van der Waals surface area (Å²) in [6, 6.07) is 1.71. The van der Waals surface area contributed by atoms with E-state index in [1.165, 1.54) is 0 Å². The van der Waals surface area contributed by atoms with E-state index < -0.39 is 5.97 Å². The molecule has 0 radical (unpaired) electrons. The van der Waals surface area contributed by atoms with Gasteiger partial charge in [-0.05, 0) is 12.8 Å². The number of hydrogen-bond acceptors (Lipinski definition) is 4. The molecule has 0 amide bonds. The molecule has 0 N–H and O–H groups in total. The van der Waals surface area contributed by atoms with E-state index in [1.54, 1.807) is 13.2 Å². The van der Waals surface area contributed by atoms with Crippen LogP contribution in [0.3, 0.4) is 0 Å². The summed E-state index contributed by atoms with van der Waals surface area (Å²) >= 11 is 0. The molecule has 0 atom stereocenters. The van der Waals surface area contributed by atoms with Crippen molar-refractivity contribution in [2.24, 2.45) is 0 Å². The molecule has 13 heavy (non-hydrogen) atoms. The Hall–Kier alpha value is -1.34. The van der Waals surface area contributed by atoms with Gasteiger partial charge in [0, 0.05) is 25.9 Å². The number of esters is 1. The molecule has 72 valence electrons. The van der Waals surface area contributed by atoms with Crippen LogP contribution in [0.4, 0.5) is 0 Å². The summed E-state index contributed by atoms with van der Waals surface area (Å²) in [5.41, 5.74) is 0. The van der Waals surface area contributed by atoms with E-state index in [0.29, 0.717) is 13.2 Å². The van der Waals surface area contributed by atoms with Gasteiger partial charge < -0.3 is 9.47 Å². The summed E-state index contributed by atoms with van der Waals surface area (Å²) in [6.07, 6.45) is 3.85. The van der Waals surface area contributed by atoms with E-state index in [1.807, 2.05) is 0 Å². The lowest BCUT2D eigenvalue weighted by atomic mass is 10.3. The van der Waals surface area contributed by atoms with E-state index in [9.17, 15) is 4.79 Å². The van der Waals surface area contributed by atoms with Gasteiger partial charge in [0.1, 0.15) is 0 Å². The number of nitriles is 1. The predicted octanol–water partition coefficient (Wildman–Crippen LogP) is 1.04. The standard InChI is InChI=1S/C9H13NO3/c1-12-7-2-3-8-13-9(11)5-4-6-10/h4-5H,2-3,7-8H2,1H3. The second kappa shape index (κ2) is 8.75. The zero-order valence-corrected chi connectivity index (χ0v) is 7.66. The Morgan fingerprint density at radius 3 is 2.77 bits per heavy atom. The number of allylic oxidation sites excluding steroid dienone is 1. The Bertz CT molecular complexity index is 205. The molecule has 0 spiro atoms. The van der Waals surface area contributed by atoms with Crippen molar-refractivity contribution < 1.29 is 14.3 Å². The third-order valence-corrected chi connectivity index (χ3v) is 1.28. The van der Waals surface area contributed by atoms with Crippen molar-refractivity contribution in [1.82, 2.24) is 0 Å². The minimum Gasteiger partial charge on any atom is -0.463 e. The number of carbonyl (C=O) groups excluding carboxylic acids is 1. The number of unbranched alkanes of at least 4 members (excludes halogenated alkanes) is 1. The second-order valence-corrected chi connectivity index (χ2v) is 2.33. The van der Waals surface area contributed by atoms with Crippen molar-refractivity contribution in [3.8, 4) is 6.07 Å². The highest BCUT2D eigenvalue weighted by molar-refractivity contribution is 5.82. The normalized spacial score (nSPS) is 9.85. The van der Waals surface area contributed by atoms with E-state index in [0.717, 1.165) is 25.0 Å².